The van der Waals surface area contributed by atoms with Crippen LogP contribution in [0.5, 0.6) is 0 Å². The van der Waals surface area contributed by atoms with E-state index in [1.165, 1.54) is 6.08 Å². The van der Waals surface area contributed by atoms with Gasteiger partial charge < -0.3 is 14.3 Å². The van der Waals surface area contributed by atoms with Crippen LogP contribution in [0.3, 0.4) is 0 Å². The third-order valence-corrected chi connectivity index (χ3v) is 9.80. The largest absolute Gasteiger partial charge is 0.463 e. The lowest BCUT2D eigenvalue weighted by atomic mass is 9.93. The molecule has 3 atom stereocenters. The van der Waals surface area contributed by atoms with E-state index in [-0.39, 0.29) is 23.0 Å². The van der Waals surface area contributed by atoms with Crippen LogP contribution in [0.1, 0.15) is 54.4 Å². The second kappa shape index (κ2) is 11.6. The Balaban J connectivity index is 4.99. The maximum atomic E-state index is 11.4. The van der Waals surface area contributed by atoms with Crippen molar-refractivity contribution < 1.29 is 19.1 Å². The average molecular weight is 397 g/mol. The third kappa shape index (κ3) is 9.54. The molecule has 0 heterocycles. The maximum Gasteiger partial charge on any atom is 0.330 e. The number of aliphatic hydroxyl groups excluding tert-OH is 1. The highest BCUT2D eigenvalue weighted by Gasteiger charge is 2.40. The lowest BCUT2D eigenvalue weighted by molar-refractivity contribution is -0.137. The minimum absolute atomic E-state index is 0.0183. The summed E-state index contributed by atoms with van der Waals surface area (Å²) in [5, 5.41) is 10.8. The molecule has 0 saturated heterocycles. The fourth-order valence-electron chi connectivity index (χ4n) is 2.32. The highest BCUT2D eigenvalue weighted by atomic mass is 28.4. The Morgan fingerprint density at radius 1 is 1.22 bits per heavy atom. The summed E-state index contributed by atoms with van der Waals surface area (Å²) >= 11 is 0. The van der Waals surface area contributed by atoms with Gasteiger partial charge in [-0.1, -0.05) is 51.5 Å². The van der Waals surface area contributed by atoms with Gasteiger partial charge in [0.15, 0.2) is 8.32 Å². The second-order valence-electron chi connectivity index (χ2n) is 8.64. The Morgan fingerprint density at radius 2 is 1.81 bits per heavy atom. The van der Waals surface area contributed by atoms with E-state index in [2.05, 4.69) is 40.4 Å². The predicted molar refractivity (Wildman–Crippen MR) is 116 cm³/mol. The van der Waals surface area contributed by atoms with E-state index in [0.29, 0.717) is 13.0 Å². The molecule has 0 aromatic rings. The number of esters is 1. The van der Waals surface area contributed by atoms with Crippen molar-refractivity contribution in [2.75, 3.05) is 6.61 Å². The molecule has 27 heavy (non-hydrogen) atoms. The molecule has 0 aliphatic heterocycles. The van der Waals surface area contributed by atoms with Crippen LogP contribution in [-0.2, 0) is 14.0 Å². The molecule has 4 nitrogen and oxygen atoms in total. The Morgan fingerprint density at radius 3 is 2.30 bits per heavy atom. The van der Waals surface area contributed by atoms with Crippen LogP contribution < -0.4 is 0 Å². The minimum Gasteiger partial charge on any atom is -0.463 e. The summed E-state index contributed by atoms with van der Waals surface area (Å²) in [6.07, 6.45) is 7.57. The number of carbonyl (C=O) groups is 1. The summed E-state index contributed by atoms with van der Waals surface area (Å²) in [7, 11) is -1.93. The van der Waals surface area contributed by atoms with Crippen molar-refractivity contribution >= 4 is 14.3 Å². The van der Waals surface area contributed by atoms with Crippen LogP contribution in [0, 0.1) is 5.92 Å². The fraction of sp³-hybridized carbons (Fsp3) is 0.682. The Labute approximate surface area is 167 Å². The smallest absolute Gasteiger partial charge is 0.330 e. The summed E-state index contributed by atoms with van der Waals surface area (Å²) in [6.45, 7) is 21.0. The van der Waals surface area contributed by atoms with Gasteiger partial charge in [-0.25, -0.2) is 4.79 Å². The standard InChI is InChI=1S/C22H40O4Si/c1-10-12-20(26-27(8,9)22(5,6)7)18(4)19(23)15-13-17(3)14-16-21(24)25-11-2/h10,13-14,16,18-20,23H,1,11-12,15H2,2-9H3/b16-14+,17-13+/t18-,19+,20-/m1/s1. The van der Waals surface area contributed by atoms with Gasteiger partial charge in [0, 0.05) is 12.0 Å². The van der Waals surface area contributed by atoms with Crippen molar-refractivity contribution in [1.82, 2.24) is 0 Å². The molecule has 0 aromatic heterocycles. The minimum atomic E-state index is -1.93. The first-order valence-corrected chi connectivity index (χ1v) is 12.7. The van der Waals surface area contributed by atoms with Crippen LogP contribution in [-0.4, -0.2) is 38.2 Å². The summed E-state index contributed by atoms with van der Waals surface area (Å²) < 4.78 is 11.4. The molecule has 0 rings (SSSR count). The number of allylic oxidation sites excluding steroid dienone is 2. The van der Waals surface area contributed by atoms with E-state index < -0.39 is 14.4 Å². The molecule has 0 fully saturated rings. The average Bonchev–Trinajstić information content (AvgIpc) is 2.55. The van der Waals surface area contributed by atoms with Crippen LogP contribution in [0.15, 0.2) is 36.5 Å². The SMILES string of the molecule is C=CC[C@@H](O[Si](C)(C)C(C)(C)C)[C@H](C)[C@@H](O)C/C=C(C)/C=C/C(=O)OCC. The molecule has 0 saturated carbocycles. The van der Waals surface area contributed by atoms with Crippen LogP contribution in [0.4, 0.5) is 0 Å². The van der Waals surface area contributed by atoms with Crippen molar-refractivity contribution in [3.63, 3.8) is 0 Å². The summed E-state index contributed by atoms with van der Waals surface area (Å²) in [6, 6.07) is 0. The quantitative estimate of drug-likeness (QED) is 0.167. The molecule has 0 aromatic carbocycles. The molecule has 0 spiro atoms. The molecule has 0 aliphatic rings. The zero-order valence-electron chi connectivity index (χ0n) is 18.5. The molecule has 0 unspecified atom stereocenters. The van der Waals surface area contributed by atoms with Crippen molar-refractivity contribution in [2.45, 2.75) is 84.7 Å². The van der Waals surface area contributed by atoms with Gasteiger partial charge in [0.1, 0.15) is 0 Å². The van der Waals surface area contributed by atoms with Gasteiger partial charge >= 0.3 is 5.97 Å². The first-order valence-electron chi connectivity index (χ1n) is 9.84. The number of carbonyl (C=O) groups excluding carboxylic acids is 1. The lowest BCUT2D eigenvalue weighted by Gasteiger charge is -2.41. The van der Waals surface area contributed by atoms with Gasteiger partial charge in [-0.2, -0.15) is 0 Å². The van der Waals surface area contributed by atoms with E-state index in [1.807, 2.05) is 26.0 Å². The number of aliphatic hydroxyl groups is 1. The molecule has 156 valence electrons. The van der Waals surface area contributed by atoms with Gasteiger partial charge in [-0.05, 0) is 44.8 Å². The number of rotatable bonds is 11. The van der Waals surface area contributed by atoms with Crippen LogP contribution >= 0.6 is 0 Å². The number of hydrogen-bond acceptors (Lipinski definition) is 4. The zero-order valence-corrected chi connectivity index (χ0v) is 19.5. The van der Waals surface area contributed by atoms with E-state index in [4.69, 9.17) is 9.16 Å². The lowest BCUT2D eigenvalue weighted by Crippen LogP contribution is -2.47. The third-order valence-electron chi connectivity index (χ3n) is 5.29. The molecule has 5 heteroatoms. The van der Waals surface area contributed by atoms with Crippen molar-refractivity contribution in [2.24, 2.45) is 5.92 Å². The Bertz CT molecular complexity index is 529. The zero-order chi connectivity index (χ0) is 21.3. The van der Waals surface area contributed by atoms with Gasteiger partial charge in [0.25, 0.3) is 0 Å². The van der Waals surface area contributed by atoms with Gasteiger partial charge in [-0.15, -0.1) is 6.58 Å². The van der Waals surface area contributed by atoms with Crippen molar-refractivity contribution in [3.8, 4) is 0 Å². The topological polar surface area (TPSA) is 55.8 Å². The van der Waals surface area contributed by atoms with Crippen LogP contribution in [0.25, 0.3) is 0 Å². The normalized spacial score (nSPS) is 16.9. The summed E-state index contributed by atoms with van der Waals surface area (Å²) in [5.41, 5.74) is 0.917. The molecule has 0 aliphatic carbocycles. The van der Waals surface area contributed by atoms with E-state index in [0.717, 1.165) is 12.0 Å². The van der Waals surface area contributed by atoms with Crippen molar-refractivity contribution in [3.05, 3.63) is 36.5 Å². The number of hydrogen-bond donors (Lipinski definition) is 1. The fourth-order valence-corrected chi connectivity index (χ4v) is 3.74. The number of ether oxygens (including phenoxy) is 1. The first kappa shape index (κ1) is 25.8. The van der Waals surface area contributed by atoms with Gasteiger partial charge in [0.05, 0.1) is 18.8 Å². The van der Waals surface area contributed by atoms with E-state index in [9.17, 15) is 9.90 Å². The van der Waals surface area contributed by atoms with Crippen molar-refractivity contribution in [1.29, 1.82) is 0 Å². The van der Waals surface area contributed by atoms with Gasteiger partial charge in [0.2, 0.25) is 0 Å². The molecule has 0 amide bonds. The van der Waals surface area contributed by atoms with Crippen LogP contribution in [0.2, 0.25) is 18.1 Å². The van der Waals surface area contributed by atoms with Gasteiger partial charge in [-0.3, -0.25) is 0 Å². The highest BCUT2D eigenvalue weighted by Crippen LogP contribution is 2.39. The summed E-state index contributed by atoms with van der Waals surface area (Å²) in [5.74, 6) is -0.372. The maximum absolute atomic E-state index is 11.4. The Hall–Kier alpha value is -1.17. The summed E-state index contributed by atoms with van der Waals surface area (Å²) in [4.78, 5) is 11.4. The second-order valence-corrected chi connectivity index (χ2v) is 13.4. The monoisotopic (exact) mass is 396 g/mol. The molecular formula is C22H40O4Si. The first-order chi connectivity index (χ1) is 12.4. The molecule has 0 radical (unpaired) electrons. The molecule has 0 bridgehead atoms. The molecule has 1 N–H and O–H groups in total. The predicted octanol–water partition coefficient (Wildman–Crippen LogP) is 5.41. The highest BCUT2D eigenvalue weighted by molar-refractivity contribution is 6.74. The Kier molecular flexibility index (Phi) is 11.1. The van der Waals surface area contributed by atoms with E-state index in [1.54, 1.807) is 13.0 Å². The molecular weight excluding hydrogens is 356 g/mol. The van der Waals surface area contributed by atoms with E-state index >= 15 is 0 Å².